The van der Waals surface area contributed by atoms with E-state index in [-0.39, 0.29) is 17.8 Å². The number of carbonyl (C=O) groups excluding carboxylic acids is 1. The highest BCUT2D eigenvalue weighted by molar-refractivity contribution is 5.79. The molecular weight excluding hydrogens is 365 g/mol. The molecule has 0 bridgehead atoms. The summed E-state index contributed by atoms with van der Waals surface area (Å²) in [6.07, 6.45) is 1.30. The number of hydrogen-bond donors (Lipinski definition) is 0. The minimum absolute atomic E-state index is 0.143. The van der Waals surface area contributed by atoms with Gasteiger partial charge < -0.3 is 14.4 Å². The van der Waals surface area contributed by atoms with Crippen LogP contribution in [0.1, 0.15) is 5.56 Å². The summed E-state index contributed by atoms with van der Waals surface area (Å²) >= 11 is 0. The van der Waals surface area contributed by atoms with Gasteiger partial charge in [0.1, 0.15) is 25.6 Å². The third-order valence-corrected chi connectivity index (χ3v) is 4.54. The van der Waals surface area contributed by atoms with Crippen LogP contribution in [0, 0.1) is 5.82 Å². The Bertz CT molecular complexity index is 1110. The minimum atomic E-state index is -0.522. The van der Waals surface area contributed by atoms with Crippen LogP contribution in [0.3, 0.4) is 0 Å². The highest BCUT2D eigenvalue weighted by Crippen LogP contribution is 2.31. The van der Waals surface area contributed by atoms with E-state index in [1.54, 1.807) is 7.05 Å². The number of likely N-dealkylation sites (N-methyl/N-ethyl adjacent to an activating group) is 1. The van der Waals surface area contributed by atoms with Crippen LogP contribution in [0.4, 0.5) is 4.39 Å². The average molecular weight is 383 g/mol. The second-order valence-corrected chi connectivity index (χ2v) is 6.57. The fourth-order valence-electron chi connectivity index (χ4n) is 3.06. The number of halogens is 1. The van der Waals surface area contributed by atoms with E-state index in [1.165, 1.54) is 27.9 Å². The van der Waals surface area contributed by atoms with Crippen molar-refractivity contribution in [2.75, 3.05) is 20.3 Å². The molecule has 0 saturated carbocycles. The molecular formula is C20H18FN3O4. The maximum Gasteiger partial charge on any atom is 0.261 e. The molecule has 0 unspecified atom stereocenters. The van der Waals surface area contributed by atoms with Gasteiger partial charge in [0.05, 0.1) is 17.2 Å². The van der Waals surface area contributed by atoms with Gasteiger partial charge in [-0.25, -0.2) is 9.37 Å². The lowest BCUT2D eigenvalue weighted by Crippen LogP contribution is -2.33. The number of carbonyl (C=O) groups is 1. The van der Waals surface area contributed by atoms with Crippen LogP contribution >= 0.6 is 0 Å². The zero-order valence-electron chi connectivity index (χ0n) is 15.2. The first-order chi connectivity index (χ1) is 13.5. The number of ether oxygens (including phenoxy) is 2. The number of aromatic nitrogens is 2. The van der Waals surface area contributed by atoms with Gasteiger partial charge in [-0.05, 0) is 35.9 Å². The van der Waals surface area contributed by atoms with Crippen LogP contribution in [0.15, 0.2) is 47.5 Å². The van der Waals surface area contributed by atoms with E-state index in [4.69, 9.17) is 9.47 Å². The monoisotopic (exact) mass is 383 g/mol. The summed E-state index contributed by atoms with van der Waals surface area (Å²) in [6.45, 7) is 1.17. The molecule has 0 fully saturated rings. The molecule has 1 aliphatic rings. The number of rotatable bonds is 4. The molecule has 0 saturated heterocycles. The molecule has 3 aromatic rings. The molecule has 1 amide bonds. The van der Waals surface area contributed by atoms with Gasteiger partial charge >= 0.3 is 0 Å². The Morgan fingerprint density at radius 3 is 2.79 bits per heavy atom. The van der Waals surface area contributed by atoms with Crippen molar-refractivity contribution in [3.8, 4) is 11.5 Å². The number of fused-ring (bicyclic) bond motifs is 2. The quantitative estimate of drug-likeness (QED) is 0.689. The Morgan fingerprint density at radius 1 is 1.18 bits per heavy atom. The third-order valence-electron chi connectivity index (χ3n) is 4.54. The molecule has 7 nitrogen and oxygen atoms in total. The van der Waals surface area contributed by atoms with Crippen LogP contribution in [-0.4, -0.2) is 40.6 Å². The van der Waals surface area contributed by atoms with Crippen molar-refractivity contribution < 1.29 is 18.7 Å². The van der Waals surface area contributed by atoms with Gasteiger partial charge in [0.15, 0.2) is 11.5 Å². The fraction of sp³-hybridized carbons (Fsp3) is 0.250. The third kappa shape index (κ3) is 3.53. The summed E-state index contributed by atoms with van der Waals surface area (Å²) in [5.41, 5.74) is 0.816. The lowest BCUT2D eigenvalue weighted by atomic mass is 10.2. The zero-order chi connectivity index (χ0) is 19.7. The predicted octanol–water partition coefficient (Wildman–Crippen LogP) is 1.97. The SMILES string of the molecule is CN(Cc1ccc2c(c1)OCCO2)C(=O)Cn1cnc2ccc(F)cc2c1=O. The van der Waals surface area contributed by atoms with Crippen LogP contribution in [-0.2, 0) is 17.9 Å². The van der Waals surface area contributed by atoms with E-state index in [1.807, 2.05) is 18.2 Å². The smallest absolute Gasteiger partial charge is 0.261 e. The summed E-state index contributed by atoms with van der Waals surface area (Å²) in [4.78, 5) is 30.7. The Kier molecular flexibility index (Phi) is 4.68. The fourth-order valence-corrected chi connectivity index (χ4v) is 3.06. The topological polar surface area (TPSA) is 73.7 Å². The molecule has 0 radical (unpaired) electrons. The van der Waals surface area contributed by atoms with Gasteiger partial charge in [-0.3, -0.25) is 14.2 Å². The number of hydrogen-bond acceptors (Lipinski definition) is 5. The maximum atomic E-state index is 13.4. The molecule has 0 spiro atoms. The molecule has 8 heteroatoms. The van der Waals surface area contributed by atoms with Crippen LogP contribution in [0.25, 0.3) is 10.9 Å². The van der Waals surface area contributed by atoms with E-state index in [0.717, 1.165) is 11.6 Å². The van der Waals surface area contributed by atoms with Crippen molar-refractivity contribution in [2.45, 2.75) is 13.1 Å². The summed E-state index contributed by atoms with van der Waals surface area (Å²) < 4.78 is 25.7. The average Bonchev–Trinajstić information content (AvgIpc) is 2.70. The molecule has 0 N–H and O–H groups in total. The Morgan fingerprint density at radius 2 is 1.96 bits per heavy atom. The first-order valence-corrected chi connectivity index (χ1v) is 8.78. The molecule has 1 aromatic heterocycles. The predicted molar refractivity (Wildman–Crippen MR) is 99.9 cm³/mol. The summed E-state index contributed by atoms with van der Waals surface area (Å²) in [5.74, 6) is 0.548. The second kappa shape index (κ2) is 7.30. The zero-order valence-corrected chi connectivity index (χ0v) is 15.2. The van der Waals surface area contributed by atoms with Crippen molar-refractivity contribution in [3.63, 3.8) is 0 Å². The van der Waals surface area contributed by atoms with E-state index in [9.17, 15) is 14.0 Å². The lowest BCUT2D eigenvalue weighted by molar-refractivity contribution is -0.131. The Balaban J connectivity index is 1.50. The maximum absolute atomic E-state index is 13.4. The largest absolute Gasteiger partial charge is 0.486 e. The molecule has 28 heavy (non-hydrogen) atoms. The van der Waals surface area contributed by atoms with Crippen LogP contribution < -0.4 is 15.0 Å². The van der Waals surface area contributed by atoms with E-state index >= 15 is 0 Å². The van der Waals surface area contributed by atoms with E-state index < -0.39 is 11.4 Å². The summed E-state index contributed by atoms with van der Waals surface area (Å²) in [5, 5.41) is 0.143. The van der Waals surface area contributed by atoms with Gasteiger partial charge in [-0.1, -0.05) is 6.07 Å². The van der Waals surface area contributed by atoms with Gasteiger partial charge in [0.25, 0.3) is 5.56 Å². The first-order valence-electron chi connectivity index (χ1n) is 8.78. The van der Waals surface area contributed by atoms with E-state index in [2.05, 4.69) is 4.98 Å². The lowest BCUT2D eigenvalue weighted by Gasteiger charge is -2.21. The highest BCUT2D eigenvalue weighted by Gasteiger charge is 2.16. The van der Waals surface area contributed by atoms with Gasteiger partial charge in [0.2, 0.25) is 5.91 Å². The van der Waals surface area contributed by atoms with Crippen LogP contribution in [0.2, 0.25) is 0 Å². The van der Waals surface area contributed by atoms with Crippen molar-refractivity contribution in [2.24, 2.45) is 0 Å². The Labute approximate surface area is 159 Å². The van der Waals surface area contributed by atoms with Crippen LogP contribution in [0.5, 0.6) is 11.5 Å². The number of amides is 1. The first kappa shape index (κ1) is 18.0. The number of benzene rings is 2. The molecule has 1 aliphatic heterocycles. The van der Waals surface area contributed by atoms with Crippen molar-refractivity contribution in [3.05, 3.63) is 64.5 Å². The van der Waals surface area contributed by atoms with Gasteiger partial charge in [0, 0.05) is 13.6 Å². The molecule has 2 heterocycles. The Hall–Kier alpha value is -3.42. The summed E-state index contributed by atoms with van der Waals surface area (Å²) in [6, 6.07) is 9.32. The molecule has 144 valence electrons. The minimum Gasteiger partial charge on any atom is -0.486 e. The second-order valence-electron chi connectivity index (χ2n) is 6.57. The van der Waals surface area contributed by atoms with Gasteiger partial charge in [-0.2, -0.15) is 0 Å². The van der Waals surface area contributed by atoms with Gasteiger partial charge in [-0.15, -0.1) is 0 Å². The normalized spacial score (nSPS) is 12.8. The van der Waals surface area contributed by atoms with E-state index in [0.29, 0.717) is 36.8 Å². The molecule has 0 atom stereocenters. The van der Waals surface area contributed by atoms with Crippen molar-refractivity contribution in [1.82, 2.24) is 14.5 Å². The van der Waals surface area contributed by atoms with Crippen molar-refractivity contribution in [1.29, 1.82) is 0 Å². The van der Waals surface area contributed by atoms with Crippen molar-refractivity contribution >= 4 is 16.8 Å². The molecule has 2 aromatic carbocycles. The number of nitrogens with zero attached hydrogens (tertiary/aromatic N) is 3. The molecule has 0 aliphatic carbocycles. The highest BCUT2D eigenvalue weighted by atomic mass is 19.1. The summed E-state index contributed by atoms with van der Waals surface area (Å²) in [7, 11) is 1.65. The standard InChI is InChI=1S/C20H18FN3O4/c1-23(10-13-2-5-17-18(8-13)28-7-6-27-17)19(25)11-24-12-22-16-4-3-14(21)9-15(16)20(24)26/h2-5,8-9,12H,6-7,10-11H2,1H3. The molecule has 4 rings (SSSR count).